The van der Waals surface area contributed by atoms with Gasteiger partial charge in [0.1, 0.15) is 0 Å². The minimum Gasteiger partial charge on any atom is -0.310 e. The van der Waals surface area contributed by atoms with Crippen molar-refractivity contribution in [3.05, 3.63) is 255 Å². The number of para-hydroxylation sites is 3. The Kier molecular flexibility index (Phi) is 7.15. The lowest BCUT2D eigenvalue weighted by atomic mass is 9.96. The van der Waals surface area contributed by atoms with Gasteiger partial charge in [0.05, 0.1) is 36.1 Å². The van der Waals surface area contributed by atoms with Crippen molar-refractivity contribution in [2.45, 2.75) is 0 Å². The molecule has 0 radical (unpaired) electrons. The van der Waals surface area contributed by atoms with Gasteiger partial charge in [0.15, 0.2) is 0 Å². The number of aromatic nitrogens is 1. The average molecular weight is 801 g/mol. The van der Waals surface area contributed by atoms with E-state index in [1.807, 2.05) is 53.1 Å². The van der Waals surface area contributed by atoms with E-state index in [0.717, 1.165) is 72.2 Å². The molecule has 10 aromatic carbocycles. The normalized spacial score (nSPS) is 13.5. The lowest BCUT2D eigenvalue weighted by molar-refractivity contribution is 1.18. The van der Waals surface area contributed by atoms with Crippen LogP contribution in [-0.4, -0.2) is 4.57 Å². The van der Waals surface area contributed by atoms with Crippen LogP contribution in [0.15, 0.2) is 255 Å². The summed E-state index contributed by atoms with van der Waals surface area (Å²) < 4.78 is 88.6. The van der Waals surface area contributed by atoms with Crippen molar-refractivity contribution in [2.24, 2.45) is 0 Å². The van der Waals surface area contributed by atoms with E-state index in [1.54, 1.807) is 18.2 Å². The predicted molar refractivity (Wildman–Crippen MR) is 263 cm³/mol. The molecule has 0 N–H and O–H groups in total. The molecule has 0 unspecified atom stereocenters. The molecule has 0 saturated carbocycles. The summed E-state index contributed by atoms with van der Waals surface area (Å²) in [4.78, 5) is 2.29. The standard InChI is InChI=1S/C60H42N2/c1-5-18-43(19-6-1)48-24-17-27-52(40-48)61(51-25-11-4-12-26-51)57-30-15-13-28-53(57)47-34-32-45(33-35-47)50-36-38-55-54-29-14-16-31-58(54)62(60(55)42-50)59-39-37-49(44-20-7-2-8-21-44)41-56(59)46-22-9-3-10-23-46/h1-42H/i2D,3D,7D,8D,9D,10D,20D,21D,22D,23D. The molecule has 0 spiro atoms. The largest absolute Gasteiger partial charge is 0.310 e. The van der Waals surface area contributed by atoms with Crippen LogP contribution >= 0.6 is 0 Å². The summed E-state index contributed by atoms with van der Waals surface area (Å²) in [5.41, 5.74) is 11.6. The van der Waals surface area contributed by atoms with Crippen LogP contribution in [0, 0.1) is 0 Å². The fraction of sp³-hybridized carbons (Fsp3) is 0. The molecule has 0 aliphatic rings. The molecule has 1 heterocycles. The van der Waals surface area contributed by atoms with E-state index >= 15 is 0 Å². The van der Waals surface area contributed by atoms with Crippen LogP contribution in [0.3, 0.4) is 0 Å². The molecule has 0 amide bonds. The summed E-state index contributed by atoms with van der Waals surface area (Å²) in [5.74, 6) is 0. The highest BCUT2D eigenvalue weighted by Crippen LogP contribution is 2.43. The monoisotopic (exact) mass is 800 g/mol. The number of hydrogen-bond acceptors (Lipinski definition) is 1. The van der Waals surface area contributed by atoms with Gasteiger partial charge in [-0.15, -0.1) is 0 Å². The first-order valence-electron chi connectivity index (χ1n) is 25.4. The third-order valence-corrected chi connectivity index (χ3v) is 11.4. The summed E-state index contributed by atoms with van der Waals surface area (Å²) in [6.07, 6.45) is 0. The highest BCUT2D eigenvalue weighted by Gasteiger charge is 2.20. The molecule has 0 fully saturated rings. The van der Waals surface area contributed by atoms with Gasteiger partial charge >= 0.3 is 0 Å². The molecule has 2 nitrogen and oxygen atoms in total. The first-order chi connectivity index (χ1) is 34.9. The molecule has 0 aliphatic carbocycles. The highest BCUT2D eigenvalue weighted by molar-refractivity contribution is 6.11. The zero-order valence-corrected chi connectivity index (χ0v) is 33.4. The Morgan fingerprint density at radius 1 is 0.323 bits per heavy atom. The van der Waals surface area contributed by atoms with E-state index < -0.39 is 60.4 Å². The van der Waals surface area contributed by atoms with E-state index in [4.69, 9.17) is 13.7 Å². The fourth-order valence-corrected chi connectivity index (χ4v) is 8.49. The van der Waals surface area contributed by atoms with E-state index in [2.05, 4.69) is 132 Å². The van der Waals surface area contributed by atoms with Gasteiger partial charge in [-0.05, 0) is 99.1 Å². The predicted octanol–water partition coefficient (Wildman–Crippen LogP) is 16.6. The first kappa shape index (κ1) is 27.5. The smallest absolute Gasteiger partial charge is 0.0629 e. The van der Waals surface area contributed by atoms with Crippen LogP contribution < -0.4 is 4.90 Å². The van der Waals surface area contributed by atoms with E-state index in [9.17, 15) is 0 Å². The molecule has 0 atom stereocenters. The number of anilines is 3. The number of fused-ring (bicyclic) bond motifs is 3. The van der Waals surface area contributed by atoms with Crippen LogP contribution in [0.25, 0.3) is 83.1 Å². The molecule has 0 saturated heterocycles. The second-order valence-electron chi connectivity index (χ2n) is 15.0. The van der Waals surface area contributed by atoms with Crippen LogP contribution in [-0.2, 0) is 0 Å². The van der Waals surface area contributed by atoms with Gasteiger partial charge in [0.2, 0.25) is 0 Å². The number of rotatable bonds is 9. The van der Waals surface area contributed by atoms with Gasteiger partial charge < -0.3 is 9.47 Å². The Morgan fingerprint density at radius 3 is 1.66 bits per heavy atom. The third-order valence-electron chi connectivity index (χ3n) is 11.4. The zero-order valence-electron chi connectivity index (χ0n) is 43.4. The van der Waals surface area contributed by atoms with Gasteiger partial charge in [-0.2, -0.15) is 0 Å². The Hall–Kier alpha value is -8.20. The van der Waals surface area contributed by atoms with Gasteiger partial charge in [-0.25, -0.2) is 0 Å². The summed E-state index contributed by atoms with van der Waals surface area (Å²) in [6.45, 7) is 0. The third kappa shape index (κ3) is 6.84. The van der Waals surface area contributed by atoms with Crippen LogP contribution in [0.2, 0.25) is 0 Å². The van der Waals surface area contributed by atoms with Gasteiger partial charge in [-0.1, -0.05) is 200 Å². The van der Waals surface area contributed by atoms with E-state index in [0.29, 0.717) is 5.69 Å². The summed E-state index contributed by atoms with van der Waals surface area (Å²) >= 11 is 0. The van der Waals surface area contributed by atoms with E-state index in [1.165, 1.54) is 0 Å². The minimum absolute atomic E-state index is 0.0678. The molecular weight excluding hydrogens is 749 g/mol. The van der Waals surface area contributed by atoms with Crippen molar-refractivity contribution in [1.29, 1.82) is 0 Å². The molecule has 2 heteroatoms. The van der Waals surface area contributed by atoms with Gasteiger partial charge in [0, 0.05) is 33.3 Å². The number of benzene rings is 10. The van der Waals surface area contributed by atoms with Crippen molar-refractivity contribution >= 4 is 38.9 Å². The first-order valence-corrected chi connectivity index (χ1v) is 20.4. The summed E-state index contributed by atoms with van der Waals surface area (Å²) in [6, 6.07) is 60.4. The molecule has 0 bridgehead atoms. The quantitative estimate of drug-likeness (QED) is 0.141. The number of hydrogen-bond donors (Lipinski definition) is 0. The Bertz CT molecular complexity index is 3870. The molecule has 292 valence electrons. The van der Waals surface area contributed by atoms with Crippen molar-refractivity contribution in [1.82, 2.24) is 4.57 Å². The number of nitrogens with zero attached hydrogens (tertiary/aromatic N) is 2. The lowest BCUT2D eigenvalue weighted by Crippen LogP contribution is -2.11. The molecule has 11 aromatic rings. The summed E-state index contributed by atoms with van der Waals surface area (Å²) in [7, 11) is 0. The van der Waals surface area contributed by atoms with Crippen molar-refractivity contribution in [2.75, 3.05) is 4.90 Å². The average Bonchev–Trinajstić information content (AvgIpc) is 3.75. The molecule has 1 aromatic heterocycles. The van der Waals surface area contributed by atoms with Crippen molar-refractivity contribution in [3.63, 3.8) is 0 Å². The zero-order chi connectivity index (χ0) is 49.9. The minimum atomic E-state index is -0.546. The fourth-order valence-electron chi connectivity index (χ4n) is 8.49. The Balaban J connectivity index is 1.06. The maximum atomic E-state index is 9.12. The molecular formula is C60H42N2. The molecule has 0 aliphatic heterocycles. The molecule has 11 rings (SSSR count). The Labute approximate surface area is 376 Å². The van der Waals surface area contributed by atoms with E-state index in [-0.39, 0.29) is 22.3 Å². The topological polar surface area (TPSA) is 8.17 Å². The SMILES string of the molecule is [2H]c1c([2H])c([2H])c(-c2ccc(-n3c4ccccc4c4ccc(-c5ccc(-c6ccccc6N(c6ccccc6)c6cccc(-c7ccccc7)c6)cc5)cc43)c(-c3c([2H])c([2H])c([2H])c([2H])c3[2H])c2)c([2H])c1[2H]. The summed E-state index contributed by atoms with van der Waals surface area (Å²) in [5, 5.41) is 1.84. The van der Waals surface area contributed by atoms with Crippen LogP contribution in [0.4, 0.5) is 17.1 Å². The van der Waals surface area contributed by atoms with Gasteiger partial charge in [-0.3, -0.25) is 0 Å². The lowest BCUT2D eigenvalue weighted by Gasteiger charge is -2.28. The van der Waals surface area contributed by atoms with Crippen molar-refractivity contribution in [3.8, 4) is 61.3 Å². The highest BCUT2D eigenvalue weighted by atomic mass is 15.1. The van der Waals surface area contributed by atoms with Crippen LogP contribution in [0.1, 0.15) is 13.7 Å². The Morgan fingerprint density at radius 2 is 0.871 bits per heavy atom. The van der Waals surface area contributed by atoms with Gasteiger partial charge in [0.25, 0.3) is 0 Å². The molecule has 62 heavy (non-hydrogen) atoms. The maximum absolute atomic E-state index is 9.12. The second kappa shape index (κ2) is 16.1. The van der Waals surface area contributed by atoms with Crippen molar-refractivity contribution < 1.29 is 13.7 Å². The van der Waals surface area contributed by atoms with Crippen LogP contribution in [0.5, 0.6) is 0 Å². The second-order valence-corrected chi connectivity index (χ2v) is 15.0. The maximum Gasteiger partial charge on any atom is 0.0629 e.